The number of fused-ring (bicyclic) bond motifs is 1. The number of ketones is 1. The highest BCUT2D eigenvalue weighted by molar-refractivity contribution is 6.44. The third-order valence-electron chi connectivity index (χ3n) is 5.36. The maximum Gasteiger partial charge on any atom is 0.208 e. The smallest absolute Gasteiger partial charge is 0.208 e. The van der Waals surface area contributed by atoms with E-state index in [0.717, 1.165) is 0 Å². The molecular weight excluding hydrogens is 360 g/mol. The minimum atomic E-state index is -1.96. The average Bonchev–Trinajstić information content (AvgIpc) is 2.61. The number of aliphatic hydroxyl groups excluding tert-OH is 2. The van der Waals surface area contributed by atoms with Crippen LogP contribution in [0.3, 0.4) is 0 Å². The molecular formula is C19H27ClO6. The van der Waals surface area contributed by atoms with E-state index in [0.29, 0.717) is 17.8 Å². The average molecular weight is 387 g/mol. The first kappa shape index (κ1) is 21.1. The molecule has 7 heteroatoms. The fourth-order valence-corrected chi connectivity index (χ4v) is 3.58. The zero-order valence-corrected chi connectivity index (χ0v) is 16.2. The van der Waals surface area contributed by atoms with Gasteiger partial charge in [-0.1, -0.05) is 31.9 Å². The summed E-state index contributed by atoms with van der Waals surface area (Å²) < 4.78 is 5.56. The Hall–Kier alpha value is -1.18. The van der Waals surface area contributed by atoms with Crippen LogP contribution in [0.15, 0.2) is 34.6 Å². The van der Waals surface area contributed by atoms with E-state index in [1.807, 2.05) is 13.8 Å². The predicted octanol–water partition coefficient (Wildman–Crippen LogP) is 1.42. The second-order valence-corrected chi connectivity index (χ2v) is 7.92. The van der Waals surface area contributed by atoms with Crippen molar-refractivity contribution in [2.45, 2.75) is 57.5 Å². The Labute approximate surface area is 158 Å². The van der Waals surface area contributed by atoms with Crippen LogP contribution in [0.1, 0.15) is 34.1 Å². The van der Waals surface area contributed by atoms with Crippen LogP contribution in [0, 0.1) is 11.8 Å². The van der Waals surface area contributed by atoms with Crippen molar-refractivity contribution < 1.29 is 30.0 Å². The van der Waals surface area contributed by atoms with Crippen molar-refractivity contribution in [3.05, 3.63) is 34.6 Å². The lowest BCUT2D eigenvalue weighted by Crippen LogP contribution is -2.55. The van der Waals surface area contributed by atoms with Gasteiger partial charge >= 0.3 is 0 Å². The number of carbonyl (C=O) groups is 1. The van der Waals surface area contributed by atoms with Crippen LogP contribution < -0.4 is 0 Å². The highest BCUT2D eigenvalue weighted by atomic mass is 35.5. The Balaban J connectivity index is 2.29. The largest absolute Gasteiger partial charge is 0.493 e. The molecule has 1 heterocycles. The maximum atomic E-state index is 12.2. The molecule has 1 aliphatic heterocycles. The standard InChI is InChI=1S/C19H27ClO6/c1-5-10(2)15(21)18(3,24)7-6-11-8-12-13(9-26-11)16(22)19(4,25)17(23)14(12)20/h6-8,10,13,15-16,21-22,24-25H,5,9H2,1-4H3/b7-6+. The van der Waals surface area contributed by atoms with Gasteiger partial charge in [-0.3, -0.25) is 4.79 Å². The first-order valence-electron chi connectivity index (χ1n) is 8.72. The molecule has 0 radical (unpaired) electrons. The minimum absolute atomic E-state index is 0.0301. The fraction of sp³-hybridized carbons (Fsp3) is 0.632. The maximum absolute atomic E-state index is 12.2. The summed E-state index contributed by atoms with van der Waals surface area (Å²) in [6.45, 7) is 6.53. The summed E-state index contributed by atoms with van der Waals surface area (Å²) in [5.74, 6) is -1.12. The molecule has 0 aromatic rings. The molecule has 6 nitrogen and oxygen atoms in total. The topological polar surface area (TPSA) is 107 Å². The first-order valence-corrected chi connectivity index (χ1v) is 9.10. The molecule has 0 aromatic carbocycles. The number of carbonyl (C=O) groups excluding carboxylic acids is 1. The van der Waals surface area contributed by atoms with Crippen LogP contribution in [0.4, 0.5) is 0 Å². The molecule has 0 aromatic heterocycles. The summed E-state index contributed by atoms with van der Waals surface area (Å²) in [6, 6.07) is 0. The predicted molar refractivity (Wildman–Crippen MR) is 97.3 cm³/mol. The van der Waals surface area contributed by atoms with Crippen LogP contribution in [-0.4, -0.2) is 56.2 Å². The number of allylic oxidation sites excluding steroid dienone is 2. The summed E-state index contributed by atoms with van der Waals surface area (Å²) >= 11 is 6.10. The van der Waals surface area contributed by atoms with Crippen LogP contribution in [0.5, 0.6) is 0 Å². The molecule has 0 fully saturated rings. The van der Waals surface area contributed by atoms with Crippen molar-refractivity contribution in [3.8, 4) is 0 Å². The lowest BCUT2D eigenvalue weighted by atomic mass is 9.75. The molecule has 0 spiro atoms. The first-order chi connectivity index (χ1) is 11.9. The number of hydrogen-bond acceptors (Lipinski definition) is 6. The van der Waals surface area contributed by atoms with Crippen molar-refractivity contribution >= 4 is 17.4 Å². The number of halogens is 1. The minimum Gasteiger partial charge on any atom is -0.493 e. The number of Topliss-reactive ketones (excluding diaryl/α,β-unsaturated/α-hetero) is 1. The van der Waals surface area contributed by atoms with E-state index in [2.05, 4.69) is 0 Å². The Morgan fingerprint density at radius 1 is 1.54 bits per heavy atom. The lowest BCUT2D eigenvalue weighted by Gasteiger charge is -2.40. The summed E-state index contributed by atoms with van der Waals surface area (Å²) in [5, 5.41) is 41.0. The van der Waals surface area contributed by atoms with Gasteiger partial charge in [0.1, 0.15) is 17.5 Å². The molecule has 6 unspecified atom stereocenters. The quantitative estimate of drug-likeness (QED) is 0.569. The molecule has 2 aliphatic rings. The molecule has 0 bridgehead atoms. The van der Waals surface area contributed by atoms with Crippen LogP contribution >= 0.6 is 11.6 Å². The van der Waals surface area contributed by atoms with Gasteiger partial charge in [-0.25, -0.2) is 0 Å². The van der Waals surface area contributed by atoms with E-state index in [1.165, 1.54) is 32.1 Å². The van der Waals surface area contributed by atoms with Crippen molar-refractivity contribution in [1.82, 2.24) is 0 Å². The summed E-state index contributed by atoms with van der Waals surface area (Å²) in [4.78, 5) is 12.2. The molecule has 6 atom stereocenters. The molecule has 4 N–H and O–H groups in total. The van der Waals surface area contributed by atoms with Gasteiger partial charge in [-0.05, 0) is 43.6 Å². The number of aliphatic hydroxyl groups is 4. The lowest BCUT2D eigenvalue weighted by molar-refractivity contribution is -0.150. The number of rotatable bonds is 5. The van der Waals surface area contributed by atoms with E-state index in [1.54, 1.807) is 0 Å². The Kier molecular flexibility index (Phi) is 6.05. The molecule has 0 saturated heterocycles. The van der Waals surface area contributed by atoms with E-state index in [4.69, 9.17) is 16.3 Å². The van der Waals surface area contributed by atoms with Crippen LogP contribution in [0.25, 0.3) is 0 Å². The highest BCUT2D eigenvalue weighted by Gasteiger charge is 2.50. The zero-order chi connectivity index (χ0) is 19.9. The molecule has 1 aliphatic carbocycles. The SMILES string of the molecule is CCC(C)C(O)C(C)(O)/C=C/C1=CC2=C(Cl)C(=O)C(C)(O)C(O)C2CO1. The molecule has 26 heavy (non-hydrogen) atoms. The van der Waals surface area contributed by atoms with Gasteiger partial charge in [0.05, 0.1) is 17.7 Å². The second-order valence-electron chi connectivity index (χ2n) is 7.54. The molecule has 0 amide bonds. The van der Waals surface area contributed by atoms with Gasteiger partial charge in [0.15, 0.2) is 5.60 Å². The Bertz CT molecular complexity index is 661. The summed E-state index contributed by atoms with van der Waals surface area (Å²) in [6.07, 6.45) is 2.88. The van der Waals surface area contributed by atoms with Crippen LogP contribution in [0.2, 0.25) is 0 Å². The van der Waals surface area contributed by atoms with E-state index >= 15 is 0 Å². The summed E-state index contributed by atoms with van der Waals surface area (Å²) in [7, 11) is 0. The zero-order valence-electron chi connectivity index (χ0n) is 15.4. The second kappa shape index (κ2) is 7.44. The highest BCUT2D eigenvalue weighted by Crippen LogP contribution is 2.40. The molecule has 2 rings (SSSR count). The number of ether oxygens (including phenoxy) is 1. The third kappa shape index (κ3) is 3.75. The van der Waals surface area contributed by atoms with Crippen molar-refractivity contribution in [3.63, 3.8) is 0 Å². The number of hydrogen-bond donors (Lipinski definition) is 4. The van der Waals surface area contributed by atoms with Gasteiger partial charge in [0, 0.05) is 5.92 Å². The summed E-state index contributed by atoms with van der Waals surface area (Å²) in [5.41, 5.74) is -3.02. The molecule has 0 saturated carbocycles. The van der Waals surface area contributed by atoms with Gasteiger partial charge in [-0.15, -0.1) is 0 Å². The Morgan fingerprint density at radius 2 is 2.15 bits per heavy atom. The van der Waals surface area contributed by atoms with Crippen molar-refractivity contribution in [2.24, 2.45) is 11.8 Å². The van der Waals surface area contributed by atoms with Crippen molar-refractivity contribution in [2.75, 3.05) is 6.61 Å². The monoisotopic (exact) mass is 386 g/mol. The molecule has 146 valence electrons. The fourth-order valence-electron chi connectivity index (χ4n) is 3.19. The Morgan fingerprint density at radius 3 is 2.73 bits per heavy atom. The van der Waals surface area contributed by atoms with Gasteiger partial charge in [0.25, 0.3) is 0 Å². The van der Waals surface area contributed by atoms with Gasteiger partial charge < -0.3 is 25.2 Å². The third-order valence-corrected chi connectivity index (χ3v) is 5.75. The van der Waals surface area contributed by atoms with Crippen molar-refractivity contribution in [1.29, 1.82) is 0 Å². The van der Waals surface area contributed by atoms with E-state index in [9.17, 15) is 25.2 Å². The van der Waals surface area contributed by atoms with Gasteiger partial charge in [0.2, 0.25) is 5.78 Å². The normalized spacial score (nSPS) is 34.0. The van der Waals surface area contributed by atoms with Gasteiger partial charge in [-0.2, -0.15) is 0 Å². The van der Waals surface area contributed by atoms with Crippen LogP contribution in [-0.2, 0) is 9.53 Å². The van der Waals surface area contributed by atoms with E-state index < -0.39 is 35.1 Å². The van der Waals surface area contributed by atoms with E-state index in [-0.39, 0.29) is 17.6 Å².